The first-order valence-corrected chi connectivity index (χ1v) is 7.57. The second kappa shape index (κ2) is 13.9. The van der Waals surface area contributed by atoms with Gasteiger partial charge in [0.2, 0.25) is 0 Å². The van der Waals surface area contributed by atoms with Gasteiger partial charge < -0.3 is 4.74 Å². The molecule has 0 saturated carbocycles. The summed E-state index contributed by atoms with van der Waals surface area (Å²) in [4.78, 5) is 10.9. The molecule has 0 amide bonds. The van der Waals surface area contributed by atoms with Crippen LogP contribution in [0.4, 0.5) is 0 Å². The number of benzene rings is 1. The highest BCUT2D eigenvalue weighted by molar-refractivity contribution is 5.69. The molecular weight excluding hydrogens is 248 g/mol. The van der Waals surface area contributed by atoms with Gasteiger partial charge in [0.25, 0.3) is 0 Å². The maximum atomic E-state index is 10.9. The zero-order valence-electron chi connectivity index (χ0n) is 12.9. The molecule has 0 unspecified atom stereocenters. The van der Waals surface area contributed by atoms with Crippen LogP contribution in [-0.2, 0) is 9.53 Å². The van der Waals surface area contributed by atoms with E-state index in [1.807, 2.05) is 43.3 Å². The van der Waals surface area contributed by atoms with Crippen LogP contribution in [0.3, 0.4) is 0 Å². The molecule has 0 radical (unpaired) electrons. The Kier molecular flexibility index (Phi) is 12.8. The molecule has 0 aliphatic carbocycles. The van der Waals surface area contributed by atoms with E-state index in [9.17, 15) is 4.79 Å². The number of rotatable bonds is 8. The number of carbonyl (C=O) groups excluding carboxylic acids is 1. The molecule has 2 heteroatoms. The van der Waals surface area contributed by atoms with Crippen LogP contribution in [0.5, 0.6) is 0 Å². The van der Waals surface area contributed by atoms with Crippen molar-refractivity contribution in [2.45, 2.75) is 52.4 Å². The average molecular weight is 276 g/mol. The normalized spacial score (nSPS) is 9.30. The van der Waals surface area contributed by atoms with Crippen LogP contribution in [-0.4, -0.2) is 12.6 Å². The fourth-order valence-corrected chi connectivity index (χ4v) is 1.70. The highest BCUT2D eigenvalue weighted by atomic mass is 16.5. The summed E-state index contributed by atoms with van der Waals surface area (Å²) in [5.41, 5.74) is 1.17. The van der Waals surface area contributed by atoms with Crippen molar-refractivity contribution in [2.75, 3.05) is 6.61 Å². The van der Waals surface area contributed by atoms with E-state index >= 15 is 0 Å². The van der Waals surface area contributed by atoms with Crippen LogP contribution in [0, 0.1) is 0 Å². The third-order valence-electron chi connectivity index (χ3n) is 2.83. The minimum atomic E-state index is -0.0472. The SMILES string of the molecule is C=Cc1ccccc1.CCCCCCCC(=O)OCC. The molecule has 20 heavy (non-hydrogen) atoms. The summed E-state index contributed by atoms with van der Waals surface area (Å²) in [5, 5.41) is 0. The van der Waals surface area contributed by atoms with Gasteiger partial charge in [-0.05, 0) is 18.9 Å². The van der Waals surface area contributed by atoms with Crippen LogP contribution in [0.1, 0.15) is 57.9 Å². The summed E-state index contributed by atoms with van der Waals surface area (Å²) >= 11 is 0. The number of hydrogen-bond donors (Lipinski definition) is 0. The molecular formula is C18H28O2. The first-order valence-electron chi connectivity index (χ1n) is 7.57. The van der Waals surface area contributed by atoms with E-state index in [2.05, 4.69) is 13.5 Å². The molecule has 0 bridgehead atoms. The van der Waals surface area contributed by atoms with Crippen LogP contribution in [0.25, 0.3) is 6.08 Å². The smallest absolute Gasteiger partial charge is 0.305 e. The van der Waals surface area contributed by atoms with Crippen molar-refractivity contribution >= 4 is 12.0 Å². The van der Waals surface area contributed by atoms with Gasteiger partial charge in [0.15, 0.2) is 0 Å². The predicted molar refractivity (Wildman–Crippen MR) is 86.5 cm³/mol. The average Bonchev–Trinajstić information content (AvgIpc) is 2.49. The van der Waals surface area contributed by atoms with Crippen LogP contribution in [0.2, 0.25) is 0 Å². The van der Waals surface area contributed by atoms with Crippen molar-refractivity contribution in [1.82, 2.24) is 0 Å². The molecule has 0 aliphatic heterocycles. The Morgan fingerprint density at radius 2 is 1.75 bits per heavy atom. The molecule has 1 aromatic carbocycles. The van der Waals surface area contributed by atoms with Gasteiger partial charge in [0, 0.05) is 6.42 Å². The maximum absolute atomic E-state index is 10.9. The van der Waals surface area contributed by atoms with E-state index in [1.54, 1.807) is 0 Å². The number of ether oxygens (including phenoxy) is 1. The topological polar surface area (TPSA) is 26.3 Å². The van der Waals surface area contributed by atoms with Crippen molar-refractivity contribution in [2.24, 2.45) is 0 Å². The molecule has 0 N–H and O–H groups in total. The lowest BCUT2D eigenvalue weighted by molar-refractivity contribution is -0.143. The van der Waals surface area contributed by atoms with Crippen molar-refractivity contribution in [3.05, 3.63) is 42.5 Å². The summed E-state index contributed by atoms with van der Waals surface area (Å²) in [6.45, 7) is 8.17. The second-order valence-electron chi connectivity index (χ2n) is 4.58. The third kappa shape index (κ3) is 11.5. The van der Waals surface area contributed by atoms with E-state index in [1.165, 1.54) is 24.8 Å². The molecule has 0 fully saturated rings. The minimum absolute atomic E-state index is 0.0472. The molecule has 0 heterocycles. The van der Waals surface area contributed by atoms with Crippen molar-refractivity contribution < 1.29 is 9.53 Å². The second-order valence-corrected chi connectivity index (χ2v) is 4.58. The molecule has 2 nitrogen and oxygen atoms in total. The van der Waals surface area contributed by atoms with Gasteiger partial charge in [-0.3, -0.25) is 4.79 Å². The van der Waals surface area contributed by atoms with Gasteiger partial charge in [-0.2, -0.15) is 0 Å². The van der Waals surface area contributed by atoms with E-state index in [0.29, 0.717) is 13.0 Å². The van der Waals surface area contributed by atoms with E-state index < -0.39 is 0 Å². The van der Waals surface area contributed by atoms with Crippen LogP contribution in [0.15, 0.2) is 36.9 Å². The fourth-order valence-electron chi connectivity index (χ4n) is 1.70. The monoisotopic (exact) mass is 276 g/mol. The summed E-state index contributed by atoms with van der Waals surface area (Å²) < 4.78 is 4.81. The Balaban J connectivity index is 0.000000388. The van der Waals surface area contributed by atoms with Crippen molar-refractivity contribution in [3.63, 3.8) is 0 Å². The van der Waals surface area contributed by atoms with Gasteiger partial charge in [-0.15, -0.1) is 0 Å². The van der Waals surface area contributed by atoms with E-state index in [0.717, 1.165) is 12.8 Å². The lowest BCUT2D eigenvalue weighted by Crippen LogP contribution is -2.02. The lowest BCUT2D eigenvalue weighted by Gasteiger charge is -2.00. The largest absolute Gasteiger partial charge is 0.466 e. The quantitative estimate of drug-likeness (QED) is 0.479. The summed E-state index contributed by atoms with van der Waals surface area (Å²) in [6.07, 6.45) is 8.35. The van der Waals surface area contributed by atoms with Gasteiger partial charge >= 0.3 is 5.97 Å². The van der Waals surface area contributed by atoms with Gasteiger partial charge in [-0.1, -0.05) is 75.6 Å². The molecule has 0 spiro atoms. The minimum Gasteiger partial charge on any atom is -0.466 e. The summed E-state index contributed by atoms with van der Waals surface area (Å²) in [6, 6.07) is 10.0. The number of carbonyl (C=O) groups is 1. The predicted octanol–water partition coefficient (Wildman–Crippen LogP) is 5.24. The Morgan fingerprint density at radius 3 is 2.25 bits per heavy atom. The Labute approximate surface area is 123 Å². The maximum Gasteiger partial charge on any atom is 0.305 e. The standard InChI is InChI=1S/C10H20O2.C8H8/c1-3-5-6-7-8-9-10(11)12-4-2;1-2-8-6-4-3-5-7-8/h3-9H2,1-2H3;2-7H,1H2. The lowest BCUT2D eigenvalue weighted by atomic mass is 10.1. The van der Waals surface area contributed by atoms with E-state index in [-0.39, 0.29) is 5.97 Å². The highest BCUT2D eigenvalue weighted by Gasteiger charge is 1.99. The molecule has 1 aromatic rings. The third-order valence-corrected chi connectivity index (χ3v) is 2.83. The van der Waals surface area contributed by atoms with Crippen LogP contribution >= 0.6 is 0 Å². The number of unbranched alkanes of at least 4 members (excludes halogenated alkanes) is 4. The van der Waals surface area contributed by atoms with Gasteiger partial charge in [0.05, 0.1) is 6.61 Å². The number of esters is 1. The first-order chi connectivity index (χ1) is 9.74. The first kappa shape index (κ1) is 18.4. The fraction of sp³-hybridized carbons (Fsp3) is 0.500. The van der Waals surface area contributed by atoms with E-state index in [4.69, 9.17) is 4.74 Å². The van der Waals surface area contributed by atoms with Gasteiger partial charge in [0.1, 0.15) is 0 Å². The summed E-state index contributed by atoms with van der Waals surface area (Å²) in [5.74, 6) is -0.0472. The molecule has 0 atom stereocenters. The zero-order valence-corrected chi connectivity index (χ0v) is 12.9. The van der Waals surface area contributed by atoms with Gasteiger partial charge in [-0.25, -0.2) is 0 Å². The molecule has 0 saturated heterocycles. The molecule has 1 rings (SSSR count). The molecule has 0 aromatic heterocycles. The highest BCUT2D eigenvalue weighted by Crippen LogP contribution is 2.05. The number of hydrogen-bond acceptors (Lipinski definition) is 2. The van der Waals surface area contributed by atoms with Crippen molar-refractivity contribution in [3.8, 4) is 0 Å². The van der Waals surface area contributed by atoms with Crippen molar-refractivity contribution in [1.29, 1.82) is 0 Å². The zero-order chi connectivity index (χ0) is 15.1. The Hall–Kier alpha value is -1.57. The molecule has 0 aliphatic rings. The Morgan fingerprint density at radius 1 is 1.10 bits per heavy atom. The molecule has 112 valence electrons. The summed E-state index contributed by atoms with van der Waals surface area (Å²) in [7, 11) is 0. The Bertz CT molecular complexity index is 344. The van der Waals surface area contributed by atoms with Crippen LogP contribution < -0.4 is 0 Å².